The van der Waals surface area contributed by atoms with Crippen molar-refractivity contribution < 1.29 is 13.9 Å². The van der Waals surface area contributed by atoms with Crippen molar-refractivity contribution in [1.82, 2.24) is 24.6 Å². The molecule has 4 aromatic rings. The zero-order valence-corrected chi connectivity index (χ0v) is 15.3. The van der Waals surface area contributed by atoms with Gasteiger partial charge in [0.15, 0.2) is 11.4 Å². The second-order valence-electron chi connectivity index (χ2n) is 6.40. The fraction of sp³-hybridized carbons (Fsp3) is 0.150. The third-order valence-electron chi connectivity index (χ3n) is 4.18. The standard InChI is InChI=1S/C20H16FN5O2/c1-12-3-4-15(23-8-12)6-19(27)18-7-17(11-26-13(2)24-25-20(18)26)28-16-5-14(21)9-22-10-16/h3-5,7-11H,6H2,1-2H3. The number of nitrogens with zero attached hydrogens (tertiary/aromatic N) is 5. The lowest BCUT2D eigenvalue weighted by molar-refractivity contribution is 0.0992. The molecular formula is C20H16FN5O2. The van der Waals surface area contributed by atoms with Crippen molar-refractivity contribution in [2.45, 2.75) is 20.3 Å². The molecule has 140 valence electrons. The lowest BCUT2D eigenvalue weighted by atomic mass is 10.1. The number of aromatic nitrogens is 5. The zero-order valence-electron chi connectivity index (χ0n) is 15.3. The van der Waals surface area contributed by atoms with Gasteiger partial charge in [-0.3, -0.25) is 19.2 Å². The van der Waals surface area contributed by atoms with E-state index in [0.29, 0.717) is 28.5 Å². The second-order valence-corrected chi connectivity index (χ2v) is 6.40. The lowest BCUT2D eigenvalue weighted by Crippen LogP contribution is -2.08. The van der Waals surface area contributed by atoms with Crippen molar-refractivity contribution in [3.05, 3.63) is 77.5 Å². The first kappa shape index (κ1) is 17.7. The van der Waals surface area contributed by atoms with Crippen LogP contribution >= 0.6 is 0 Å². The van der Waals surface area contributed by atoms with Crippen LogP contribution in [0.15, 0.2) is 49.1 Å². The number of ether oxygens (including phenoxy) is 1. The van der Waals surface area contributed by atoms with E-state index in [9.17, 15) is 9.18 Å². The van der Waals surface area contributed by atoms with Crippen LogP contribution in [-0.4, -0.2) is 30.3 Å². The number of aryl methyl sites for hydroxylation is 2. The van der Waals surface area contributed by atoms with Crippen LogP contribution in [0, 0.1) is 19.7 Å². The summed E-state index contributed by atoms with van der Waals surface area (Å²) in [6.07, 6.45) is 5.97. The third-order valence-corrected chi connectivity index (χ3v) is 4.18. The topological polar surface area (TPSA) is 82.3 Å². The number of Topliss-reactive ketones (excluding diaryl/α,β-unsaturated/α-hetero) is 1. The van der Waals surface area contributed by atoms with Gasteiger partial charge in [0.2, 0.25) is 0 Å². The highest BCUT2D eigenvalue weighted by atomic mass is 19.1. The van der Waals surface area contributed by atoms with Gasteiger partial charge < -0.3 is 4.74 Å². The summed E-state index contributed by atoms with van der Waals surface area (Å²) in [7, 11) is 0. The van der Waals surface area contributed by atoms with E-state index in [-0.39, 0.29) is 18.0 Å². The van der Waals surface area contributed by atoms with Gasteiger partial charge in [0, 0.05) is 18.0 Å². The van der Waals surface area contributed by atoms with Gasteiger partial charge >= 0.3 is 0 Å². The summed E-state index contributed by atoms with van der Waals surface area (Å²) < 4.78 is 20.8. The number of carbonyl (C=O) groups excluding carboxylic acids is 1. The predicted octanol–water partition coefficient (Wildman–Crippen LogP) is 3.49. The molecule has 7 nitrogen and oxygen atoms in total. The molecule has 0 saturated heterocycles. The Morgan fingerprint density at radius 1 is 1.11 bits per heavy atom. The molecule has 0 amide bonds. The molecule has 0 unspecified atom stereocenters. The number of halogens is 1. The van der Waals surface area contributed by atoms with Crippen molar-refractivity contribution in [1.29, 1.82) is 0 Å². The third kappa shape index (κ3) is 3.57. The Balaban J connectivity index is 1.72. The van der Waals surface area contributed by atoms with Crippen molar-refractivity contribution >= 4 is 11.4 Å². The van der Waals surface area contributed by atoms with Crippen LogP contribution in [0.3, 0.4) is 0 Å². The number of carbonyl (C=O) groups is 1. The molecular weight excluding hydrogens is 361 g/mol. The Bertz CT molecular complexity index is 1170. The first-order valence-electron chi connectivity index (χ1n) is 8.58. The fourth-order valence-electron chi connectivity index (χ4n) is 2.79. The summed E-state index contributed by atoms with van der Waals surface area (Å²) in [6, 6.07) is 6.51. The van der Waals surface area contributed by atoms with Crippen LogP contribution in [0.25, 0.3) is 5.65 Å². The average Bonchev–Trinajstić information content (AvgIpc) is 3.04. The van der Waals surface area contributed by atoms with Crippen LogP contribution in [0.1, 0.15) is 27.4 Å². The molecule has 4 rings (SSSR count). The summed E-state index contributed by atoms with van der Waals surface area (Å²) >= 11 is 0. The minimum Gasteiger partial charge on any atom is -0.454 e. The normalized spacial score (nSPS) is 11.0. The molecule has 0 aliphatic carbocycles. The number of hydrogen-bond acceptors (Lipinski definition) is 6. The maximum atomic E-state index is 13.4. The number of fused-ring (bicyclic) bond motifs is 1. The average molecular weight is 377 g/mol. The van der Waals surface area contributed by atoms with E-state index < -0.39 is 5.82 Å². The van der Waals surface area contributed by atoms with E-state index >= 15 is 0 Å². The highest BCUT2D eigenvalue weighted by molar-refractivity contribution is 6.02. The molecule has 4 heterocycles. The SMILES string of the molecule is Cc1ccc(CC(=O)c2cc(Oc3cncc(F)c3)cn3c(C)nnc23)nc1. The summed E-state index contributed by atoms with van der Waals surface area (Å²) in [5.41, 5.74) is 2.46. The van der Waals surface area contributed by atoms with E-state index in [4.69, 9.17) is 4.74 Å². The van der Waals surface area contributed by atoms with Crippen LogP contribution in [0.5, 0.6) is 11.5 Å². The number of ketones is 1. The Morgan fingerprint density at radius 2 is 1.96 bits per heavy atom. The number of pyridine rings is 3. The van der Waals surface area contributed by atoms with Crippen molar-refractivity contribution in [3.8, 4) is 11.5 Å². The smallest absolute Gasteiger partial charge is 0.172 e. The molecule has 4 aromatic heterocycles. The molecule has 0 aliphatic rings. The van der Waals surface area contributed by atoms with Gasteiger partial charge in [-0.2, -0.15) is 0 Å². The van der Waals surface area contributed by atoms with Gasteiger partial charge in [-0.25, -0.2) is 4.39 Å². The first-order chi connectivity index (χ1) is 13.5. The highest BCUT2D eigenvalue weighted by Crippen LogP contribution is 2.25. The quantitative estimate of drug-likeness (QED) is 0.495. The summed E-state index contributed by atoms with van der Waals surface area (Å²) in [4.78, 5) is 21.0. The van der Waals surface area contributed by atoms with Crippen molar-refractivity contribution in [3.63, 3.8) is 0 Å². The first-order valence-corrected chi connectivity index (χ1v) is 8.58. The highest BCUT2D eigenvalue weighted by Gasteiger charge is 2.18. The summed E-state index contributed by atoms with van der Waals surface area (Å²) in [6.45, 7) is 3.70. The van der Waals surface area contributed by atoms with Crippen molar-refractivity contribution in [2.75, 3.05) is 0 Å². The molecule has 0 saturated carbocycles. The largest absolute Gasteiger partial charge is 0.454 e. The van der Waals surface area contributed by atoms with Gasteiger partial charge in [0.25, 0.3) is 0 Å². The van der Waals surface area contributed by atoms with Crippen LogP contribution in [0.2, 0.25) is 0 Å². The molecule has 0 atom stereocenters. The van der Waals surface area contributed by atoms with E-state index in [0.717, 1.165) is 11.8 Å². The maximum absolute atomic E-state index is 13.4. The van der Waals surface area contributed by atoms with E-state index in [2.05, 4.69) is 20.2 Å². The molecule has 0 fully saturated rings. The number of hydrogen-bond donors (Lipinski definition) is 0. The Morgan fingerprint density at radius 3 is 2.71 bits per heavy atom. The zero-order chi connectivity index (χ0) is 19.7. The predicted molar refractivity (Wildman–Crippen MR) is 99.0 cm³/mol. The van der Waals surface area contributed by atoms with E-state index in [1.54, 1.807) is 29.8 Å². The minimum atomic E-state index is -0.513. The molecule has 28 heavy (non-hydrogen) atoms. The van der Waals surface area contributed by atoms with Crippen LogP contribution < -0.4 is 4.74 Å². The van der Waals surface area contributed by atoms with E-state index in [1.807, 2.05) is 19.1 Å². The maximum Gasteiger partial charge on any atom is 0.172 e. The summed E-state index contributed by atoms with van der Waals surface area (Å²) in [5.74, 6) is 0.490. The van der Waals surface area contributed by atoms with Crippen LogP contribution in [0.4, 0.5) is 4.39 Å². The molecule has 8 heteroatoms. The second kappa shape index (κ2) is 7.15. The lowest BCUT2D eigenvalue weighted by Gasteiger charge is -2.09. The Kier molecular flexibility index (Phi) is 4.52. The molecule has 0 aliphatic heterocycles. The molecule has 0 N–H and O–H groups in total. The van der Waals surface area contributed by atoms with Gasteiger partial charge in [-0.1, -0.05) is 6.07 Å². The van der Waals surface area contributed by atoms with Gasteiger partial charge in [0.1, 0.15) is 23.1 Å². The van der Waals surface area contributed by atoms with Gasteiger partial charge in [-0.05, 0) is 31.5 Å². The number of rotatable bonds is 5. The molecule has 0 radical (unpaired) electrons. The monoisotopic (exact) mass is 377 g/mol. The Hall–Kier alpha value is -3.68. The molecule has 0 aromatic carbocycles. The van der Waals surface area contributed by atoms with Crippen molar-refractivity contribution in [2.24, 2.45) is 0 Å². The summed E-state index contributed by atoms with van der Waals surface area (Å²) in [5, 5.41) is 8.14. The molecule has 0 spiro atoms. The van der Waals surface area contributed by atoms with Crippen LogP contribution in [-0.2, 0) is 6.42 Å². The molecule has 0 bridgehead atoms. The van der Waals surface area contributed by atoms with E-state index in [1.165, 1.54) is 12.3 Å². The Labute approximate surface area is 159 Å². The fourth-order valence-corrected chi connectivity index (χ4v) is 2.79. The van der Waals surface area contributed by atoms with Gasteiger partial charge in [-0.15, -0.1) is 10.2 Å². The van der Waals surface area contributed by atoms with Gasteiger partial charge in [0.05, 0.1) is 30.6 Å². The minimum absolute atomic E-state index is 0.118.